The van der Waals surface area contributed by atoms with Crippen LogP contribution in [0.15, 0.2) is 48.5 Å². The Balaban J connectivity index is 1.90. The number of likely N-dealkylation sites (tertiary alicyclic amines) is 1. The monoisotopic (exact) mass is 606 g/mol. The number of nitrogens with one attached hydrogen (secondary N) is 1. The molecule has 2 aromatic carbocycles. The molecular weight excluding hydrogens is 567 g/mol. The van der Waals surface area contributed by atoms with Gasteiger partial charge in [0.25, 0.3) is 0 Å². The van der Waals surface area contributed by atoms with Gasteiger partial charge in [-0.1, -0.05) is 68.2 Å². The first kappa shape index (κ1) is 30.9. The van der Waals surface area contributed by atoms with Crippen LogP contribution in [0, 0.1) is 11.3 Å². The molecule has 2 amide bonds. The predicted octanol–water partition coefficient (Wildman–Crippen LogP) is 6.57. The van der Waals surface area contributed by atoms with Gasteiger partial charge in [0, 0.05) is 34.5 Å². The van der Waals surface area contributed by atoms with Crippen LogP contribution in [0.3, 0.4) is 0 Å². The van der Waals surface area contributed by atoms with Crippen molar-refractivity contribution in [2.75, 3.05) is 5.75 Å². The number of halogens is 2. The number of amides is 2. The molecule has 2 aliphatic rings. The van der Waals surface area contributed by atoms with E-state index in [0.29, 0.717) is 16.5 Å². The van der Waals surface area contributed by atoms with E-state index in [0.717, 1.165) is 24.0 Å². The molecule has 0 aromatic heterocycles. The smallest absolute Gasteiger partial charge is 0.229 e. The lowest BCUT2D eigenvalue weighted by Crippen LogP contribution is -2.59. The van der Waals surface area contributed by atoms with Gasteiger partial charge in [-0.25, -0.2) is 8.42 Å². The van der Waals surface area contributed by atoms with Crippen LogP contribution in [-0.2, 0) is 19.4 Å². The molecule has 40 heavy (non-hydrogen) atoms. The quantitative estimate of drug-likeness (QED) is 0.331. The molecule has 6 nitrogen and oxygen atoms in total. The zero-order valence-corrected chi connectivity index (χ0v) is 26.2. The van der Waals surface area contributed by atoms with E-state index in [2.05, 4.69) is 5.32 Å². The summed E-state index contributed by atoms with van der Waals surface area (Å²) in [5.41, 5.74) is 0.761. The van der Waals surface area contributed by atoms with Crippen molar-refractivity contribution in [3.8, 4) is 0 Å². The van der Waals surface area contributed by atoms with Gasteiger partial charge in [0.05, 0.1) is 22.5 Å². The van der Waals surface area contributed by atoms with Crippen molar-refractivity contribution >= 4 is 44.9 Å². The van der Waals surface area contributed by atoms with E-state index in [1.807, 2.05) is 57.2 Å². The number of sulfone groups is 1. The summed E-state index contributed by atoms with van der Waals surface area (Å²) in [5.74, 6) is -0.905. The third kappa shape index (κ3) is 6.85. The molecule has 218 valence electrons. The fourth-order valence-electron chi connectivity index (χ4n) is 5.80. The molecule has 0 bridgehead atoms. The lowest BCUT2D eigenvalue weighted by atomic mass is 9.66. The van der Waals surface area contributed by atoms with E-state index in [4.69, 9.17) is 23.2 Å². The lowest BCUT2D eigenvalue weighted by molar-refractivity contribution is -0.158. The normalized spacial score (nSPS) is 24.4. The Kier molecular flexibility index (Phi) is 9.28. The van der Waals surface area contributed by atoms with E-state index in [1.165, 1.54) is 0 Å². The average Bonchev–Trinajstić information content (AvgIpc) is 3.68. The van der Waals surface area contributed by atoms with Gasteiger partial charge in [-0.3, -0.25) is 9.59 Å². The minimum Gasteiger partial charge on any atom is -0.353 e. The second-order valence-electron chi connectivity index (χ2n) is 12.3. The fourth-order valence-corrected chi connectivity index (χ4v) is 7.53. The van der Waals surface area contributed by atoms with Gasteiger partial charge < -0.3 is 10.2 Å². The second-order valence-corrected chi connectivity index (χ2v) is 15.8. The number of piperidine rings is 1. The SMILES string of the molecule is CC(C)[C@@H](CS(=O)(=O)C(C)C)N1C(=O)[C@@](C)(CC(=O)NC2CC2)C[C@H](c2cccc(Cl)c2)[C@H]1c1ccc(Cl)cc1. The van der Waals surface area contributed by atoms with Gasteiger partial charge in [0.15, 0.2) is 9.84 Å². The number of carbonyl (C=O) groups excluding carboxylic acids is 2. The first-order valence-corrected chi connectivity index (χ1v) is 16.5. The molecule has 1 aliphatic carbocycles. The summed E-state index contributed by atoms with van der Waals surface area (Å²) in [5, 5.41) is 3.60. The standard InChI is InChI=1S/C31H40Cl2N2O4S/c1-19(2)27(18-40(38,39)20(3)4)35-29(21-9-11-23(32)12-10-21)26(22-7-6-8-24(33)15-22)16-31(5,30(35)37)17-28(36)34-25-13-14-25/h6-12,15,19-20,25-27,29H,13-14,16-18H2,1-5H3,(H,34,36)/t26-,27-,29-,31-/m1/s1. The molecule has 1 heterocycles. The van der Waals surface area contributed by atoms with Gasteiger partial charge >= 0.3 is 0 Å². The lowest BCUT2D eigenvalue weighted by Gasteiger charge is -2.53. The molecular formula is C31H40Cl2N2O4S. The van der Waals surface area contributed by atoms with E-state index >= 15 is 0 Å². The summed E-state index contributed by atoms with van der Waals surface area (Å²) < 4.78 is 26.6. The number of hydrogen-bond donors (Lipinski definition) is 1. The highest BCUT2D eigenvalue weighted by Gasteiger charge is 2.53. The molecule has 2 fully saturated rings. The largest absolute Gasteiger partial charge is 0.353 e. The van der Waals surface area contributed by atoms with Gasteiger partial charge in [-0.05, 0) is 74.4 Å². The highest BCUT2D eigenvalue weighted by Crippen LogP contribution is 2.52. The maximum absolute atomic E-state index is 14.7. The third-order valence-electron chi connectivity index (χ3n) is 8.33. The molecule has 0 radical (unpaired) electrons. The number of benzene rings is 2. The molecule has 0 unspecified atom stereocenters. The maximum atomic E-state index is 14.7. The molecule has 9 heteroatoms. The summed E-state index contributed by atoms with van der Waals surface area (Å²) in [6.07, 6.45) is 2.35. The molecule has 0 spiro atoms. The van der Waals surface area contributed by atoms with Gasteiger partial charge in [-0.15, -0.1) is 0 Å². The highest BCUT2D eigenvalue weighted by molar-refractivity contribution is 7.92. The van der Waals surface area contributed by atoms with Crippen LogP contribution < -0.4 is 5.32 Å². The van der Waals surface area contributed by atoms with Crippen molar-refractivity contribution < 1.29 is 18.0 Å². The maximum Gasteiger partial charge on any atom is 0.229 e. The summed E-state index contributed by atoms with van der Waals surface area (Å²) in [4.78, 5) is 29.6. The van der Waals surface area contributed by atoms with Crippen molar-refractivity contribution in [3.05, 3.63) is 69.7 Å². The number of nitrogens with zero attached hydrogens (tertiary/aromatic N) is 1. The number of carbonyl (C=O) groups is 2. The zero-order valence-electron chi connectivity index (χ0n) is 23.9. The molecule has 1 N–H and O–H groups in total. The van der Waals surface area contributed by atoms with Gasteiger partial charge in [0.2, 0.25) is 11.8 Å². The molecule has 1 aliphatic heterocycles. The van der Waals surface area contributed by atoms with Crippen LogP contribution in [0.25, 0.3) is 0 Å². The first-order valence-electron chi connectivity index (χ1n) is 14.1. The van der Waals surface area contributed by atoms with E-state index in [9.17, 15) is 18.0 Å². The highest BCUT2D eigenvalue weighted by atomic mass is 35.5. The van der Waals surface area contributed by atoms with Crippen LogP contribution in [0.2, 0.25) is 10.0 Å². The Morgan fingerprint density at radius 1 is 1.02 bits per heavy atom. The third-order valence-corrected chi connectivity index (χ3v) is 11.1. The van der Waals surface area contributed by atoms with E-state index in [-0.39, 0.29) is 41.9 Å². The summed E-state index contributed by atoms with van der Waals surface area (Å²) in [7, 11) is -3.50. The zero-order chi connectivity index (χ0) is 29.4. The van der Waals surface area contributed by atoms with Crippen molar-refractivity contribution in [2.45, 2.75) is 89.6 Å². The Bertz CT molecular complexity index is 1340. The van der Waals surface area contributed by atoms with Crippen molar-refractivity contribution in [1.29, 1.82) is 0 Å². The number of rotatable bonds is 10. The Hall–Kier alpha value is -2.09. The minimum absolute atomic E-state index is 0.0327. The molecule has 1 saturated carbocycles. The minimum atomic E-state index is -3.50. The molecule has 4 rings (SSSR count). The van der Waals surface area contributed by atoms with Crippen molar-refractivity contribution in [2.24, 2.45) is 11.3 Å². The predicted molar refractivity (Wildman–Crippen MR) is 161 cm³/mol. The number of hydrogen-bond acceptors (Lipinski definition) is 4. The summed E-state index contributed by atoms with van der Waals surface area (Å²) >= 11 is 12.7. The Morgan fingerprint density at radius 2 is 1.68 bits per heavy atom. The topological polar surface area (TPSA) is 83.6 Å². The van der Waals surface area contributed by atoms with Crippen LogP contribution in [0.4, 0.5) is 0 Å². The van der Waals surface area contributed by atoms with Crippen molar-refractivity contribution in [3.63, 3.8) is 0 Å². The Labute approximate surface area is 248 Å². The van der Waals surface area contributed by atoms with Gasteiger partial charge in [-0.2, -0.15) is 0 Å². The summed E-state index contributed by atoms with van der Waals surface area (Å²) in [6, 6.07) is 14.1. The second kappa shape index (κ2) is 12.0. The Morgan fingerprint density at radius 3 is 2.23 bits per heavy atom. The average molecular weight is 608 g/mol. The van der Waals surface area contributed by atoms with Crippen LogP contribution >= 0.6 is 23.2 Å². The molecule has 4 atom stereocenters. The first-order chi connectivity index (χ1) is 18.7. The molecule has 1 saturated heterocycles. The fraction of sp³-hybridized carbons (Fsp3) is 0.548. The summed E-state index contributed by atoms with van der Waals surface area (Å²) in [6.45, 7) is 9.09. The van der Waals surface area contributed by atoms with E-state index in [1.54, 1.807) is 30.9 Å². The van der Waals surface area contributed by atoms with Crippen LogP contribution in [0.1, 0.15) is 83.4 Å². The molecule has 2 aromatic rings. The van der Waals surface area contributed by atoms with E-state index < -0.39 is 32.6 Å². The van der Waals surface area contributed by atoms with Crippen LogP contribution in [0.5, 0.6) is 0 Å². The van der Waals surface area contributed by atoms with Gasteiger partial charge in [0.1, 0.15) is 0 Å². The van der Waals surface area contributed by atoms with Crippen LogP contribution in [-0.4, -0.2) is 48.2 Å². The van der Waals surface area contributed by atoms with Crippen molar-refractivity contribution in [1.82, 2.24) is 10.2 Å².